The van der Waals surface area contributed by atoms with Crippen LogP contribution in [0.25, 0.3) is 10.8 Å². The van der Waals surface area contributed by atoms with Crippen molar-refractivity contribution in [1.29, 1.82) is 0 Å². The molecular formula is C11H8BrFO. The lowest BCUT2D eigenvalue weighted by Gasteiger charge is -2.07. The third-order valence-corrected chi connectivity index (χ3v) is 2.89. The molecule has 1 nitrogen and oxygen atoms in total. The molecule has 0 aliphatic carbocycles. The zero-order valence-corrected chi connectivity index (χ0v) is 9.14. The molecule has 3 heteroatoms. The van der Waals surface area contributed by atoms with Crippen LogP contribution < -0.4 is 4.74 Å². The van der Waals surface area contributed by atoms with Gasteiger partial charge in [0.2, 0.25) is 0 Å². The molecule has 0 saturated heterocycles. The third kappa shape index (κ3) is 1.38. The van der Waals surface area contributed by atoms with Gasteiger partial charge in [0.15, 0.2) is 11.6 Å². The fraction of sp³-hybridized carbons (Fsp3) is 0.0909. The van der Waals surface area contributed by atoms with E-state index in [1.807, 2.05) is 24.3 Å². The maximum Gasteiger partial charge on any atom is 0.169 e. The number of methoxy groups -OCH3 is 1. The Labute approximate surface area is 89.6 Å². The second-order valence-electron chi connectivity index (χ2n) is 2.93. The van der Waals surface area contributed by atoms with Crippen molar-refractivity contribution < 1.29 is 9.13 Å². The van der Waals surface area contributed by atoms with Crippen molar-refractivity contribution in [3.8, 4) is 5.75 Å². The minimum absolute atomic E-state index is 0.253. The summed E-state index contributed by atoms with van der Waals surface area (Å²) in [5.41, 5.74) is 0. The summed E-state index contributed by atoms with van der Waals surface area (Å²) in [6.07, 6.45) is 0. The van der Waals surface area contributed by atoms with E-state index in [2.05, 4.69) is 15.9 Å². The molecule has 0 unspecified atom stereocenters. The number of hydrogen-bond donors (Lipinski definition) is 0. The van der Waals surface area contributed by atoms with Gasteiger partial charge in [-0.25, -0.2) is 4.39 Å². The summed E-state index contributed by atoms with van der Waals surface area (Å²) in [6, 6.07) is 9.04. The van der Waals surface area contributed by atoms with Crippen LogP contribution in [0.5, 0.6) is 5.75 Å². The summed E-state index contributed by atoms with van der Waals surface area (Å²) in [5.74, 6) is -0.0956. The molecule has 0 amide bonds. The lowest BCUT2D eigenvalue weighted by Crippen LogP contribution is -1.90. The summed E-state index contributed by atoms with van der Waals surface area (Å²) < 4.78 is 19.1. The van der Waals surface area contributed by atoms with Crippen LogP contribution in [0.2, 0.25) is 0 Å². The standard InChI is InChI=1S/C11H8BrFO/c1-14-11-9(13)6-7-4-2-3-5-8(7)10(11)12/h2-6H,1H3. The van der Waals surface area contributed by atoms with Gasteiger partial charge in [-0.1, -0.05) is 24.3 Å². The van der Waals surface area contributed by atoms with Crippen molar-refractivity contribution in [1.82, 2.24) is 0 Å². The van der Waals surface area contributed by atoms with Gasteiger partial charge in [-0.2, -0.15) is 0 Å². The normalized spacial score (nSPS) is 10.5. The Morgan fingerprint density at radius 2 is 2.00 bits per heavy atom. The number of hydrogen-bond acceptors (Lipinski definition) is 1. The van der Waals surface area contributed by atoms with E-state index >= 15 is 0 Å². The van der Waals surface area contributed by atoms with Gasteiger partial charge in [0, 0.05) is 0 Å². The number of halogens is 2. The SMILES string of the molecule is COc1c(F)cc2ccccc2c1Br. The summed E-state index contributed by atoms with van der Waals surface area (Å²) in [4.78, 5) is 0. The Morgan fingerprint density at radius 1 is 1.29 bits per heavy atom. The molecule has 0 aromatic heterocycles. The monoisotopic (exact) mass is 254 g/mol. The minimum Gasteiger partial charge on any atom is -0.492 e. The molecule has 14 heavy (non-hydrogen) atoms. The van der Waals surface area contributed by atoms with E-state index in [9.17, 15) is 4.39 Å². The summed E-state index contributed by atoms with van der Waals surface area (Å²) in [6.45, 7) is 0. The van der Waals surface area contributed by atoms with E-state index in [0.717, 1.165) is 10.8 Å². The molecule has 0 aliphatic heterocycles. The van der Waals surface area contributed by atoms with Crippen LogP contribution in [0.3, 0.4) is 0 Å². The molecule has 0 spiro atoms. The van der Waals surface area contributed by atoms with Crippen LogP contribution in [0.4, 0.5) is 4.39 Å². The van der Waals surface area contributed by atoms with Gasteiger partial charge < -0.3 is 4.74 Å². The molecular weight excluding hydrogens is 247 g/mol. The van der Waals surface area contributed by atoms with Crippen molar-refractivity contribution in [3.63, 3.8) is 0 Å². The topological polar surface area (TPSA) is 9.23 Å². The molecule has 0 heterocycles. The Morgan fingerprint density at radius 3 is 2.71 bits per heavy atom. The van der Waals surface area contributed by atoms with Gasteiger partial charge in [0.05, 0.1) is 11.6 Å². The molecule has 0 N–H and O–H groups in total. The van der Waals surface area contributed by atoms with Crippen LogP contribution in [0.15, 0.2) is 34.8 Å². The van der Waals surface area contributed by atoms with Crippen LogP contribution in [-0.4, -0.2) is 7.11 Å². The van der Waals surface area contributed by atoms with Crippen molar-refractivity contribution in [3.05, 3.63) is 40.6 Å². The number of rotatable bonds is 1. The molecule has 72 valence electrons. The van der Waals surface area contributed by atoms with E-state index in [0.29, 0.717) is 4.47 Å². The number of benzene rings is 2. The summed E-state index contributed by atoms with van der Waals surface area (Å²) in [5, 5.41) is 1.81. The lowest BCUT2D eigenvalue weighted by atomic mass is 10.1. The highest BCUT2D eigenvalue weighted by Gasteiger charge is 2.10. The fourth-order valence-corrected chi connectivity index (χ4v) is 2.15. The van der Waals surface area contributed by atoms with Crippen molar-refractivity contribution >= 4 is 26.7 Å². The average Bonchev–Trinajstić information content (AvgIpc) is 2.18. The molecule has 0 fully saturated rings. The predicted octanol–water partition coefficient (Wildman–Crippen LogP) is 3.75. The predicted molar refractivity (Wildman–Crippen MR) is 58.2 cm³/mol. The Bertz CT molecular complexity index is 482. The van der Waals surface area contributed by atoms with Crippen molar-refractivity contribution in [2.45, 2.75) is 0 Å². The van der Waals surface area contributed by atoms with Crippen LogP contribution in [0, 0.1) is 5.82 Å². The smallest absolute Gasteiger partial charge is 0.169 e. The van der Waals surface area contributed by atoms with Crippen LogP contribution >= 0.6 is 15.9 Å². The van der Waals surface area contributed by atoms with Gasteiger partial charge in [0.1, 0.15) is 0 Å². The first-order valence-corrected chi connectivity index (χ1v) is 4.94. The zero-order chi connectivity index (χ0) is 10.1. The second kappa shape index (κ2) is 3.58. The quantitative estimate of drug-likeness (QED) is 0.754. The van der Waals surface area contributed by atoms with E-state index in [4.69, 9.17) is 4.74 Å². The molecule has 0 radical (unpaired) electrons. The van der Waals surface area contributed by atoms with Gasteiger partial charge >= 0.3 is 0 Å². The zero-order valence-electron chi connectivity index (χ0n) is 7.55. The molecule has 2 rings (SSSR count). The van der Waals surface area contributed by atoms with Gasteiger partial charge in [-0.3, -0.25) is 0 Å². The average molecular weight is 255 g/mol. The largest absolute Gasteiger partial charge is 0.492 e. The Hall–Kier alpha value is -1.09. The first-order chi connectivity index (χ1) is 6.74. The van der Waals surface area contributed by atoms with Gasteiger partial charge in [0.25, 0.3) is 0 Å². The molecule has 0 aliphatic rings. The highest BCUT2D eigenvalue weighted by molar-refractivity contribution is 9.10. The van der Waals surface area contributed by atoms with Crippen molar-refractivity contribution in [2.24, 2.45) is 0 Å². The molecule has 2 aromatic carbocycles. The summed E-state index contributed by atoms with van der Waals surface area (Å²) in [7, 11) is 1.46. The molecule has 2 aromatic rings. The Kier molecular flexibility index (Phi) is 2.42. The lowest BCUT2D eigenvalue weighted by molar-refractivity contribution is 0.385. The highest BCUT2D eigenvalue weighted by Crippen LogP contribution is 2.35. The third-order valence-electron chi connectivity index (χ3n) is 2.10. The van der Waals surface area contributed by atoms with Crippen LogP contribution in [0.1, 0.15) is 0 Å². The maximum absolute atomic E-state index is 13.4. The van der Waals surface area contributed by atoms with Crippen LogP contribution in [-0.2, 0) is 0 Å². The molecule has 0 saturated carbocycles. The Balaban J connectivity index is 2.86. The maximum atomic E-state index is 13.4. The first-order valence-electron chi connectivity index (χ1n) is 4.15. The minimum atomic E-state index is -0.349. The number of ether oxygens (including phenoxy) is 1. The van der Waals surface area contributed by atoms with Gasteiger partial charge in [-0.15, -0.1) is 0 Å². The number of fused-ring (bicyclic) bond motifs is 1. The fourth-order valence-electron chi connectivity index (χ4n) is 1.44. The molecule has 0 bridgehead atoms. The summed E-state index contributed by atoms with van der Waals surface area (Å²) >= 11 is 3.33. The van der Waals surface area contributed by atoms with E-state index in [1.54, 1.807) is 0 Å². The first kappa shape index (κ1) is 9.46. The highest BCUT2D eigenvalue weighted by atomic mass is 79.9. The van der Waals surface area contributed by atoms with E-state index in [-0.39, 0.29) is 11.6 Å². The van der Waals surface area contributed by atoms with Gasteiger partial charge in [-0.05, 0) is 32.8 Å². The van der Waals surface area contributed by atoms with E-state index < -0.39 is 0 Å². The second-order valence-corrected chi connectivity index (χ2v) is 3.72. The molecule has 0 atom stereocenters. The van der Waals surface area contributed by atoms with Crippen molar-refractivity contribution in [2.75, 3.05) is 7.11 Å². The van der Waals surface area contributed by atoms with E-state index in [1.165, 1.54) is 13.2 Å².